The molecule has 11 heteroatoms. The number of aromatic nitrogens is 6. The number of ether oxygens (including phenoxy) is 1. The number of fused-ring (bicyclic) bond motifs is 1. The number of rotatable bonds is 6. The molecule has 4 aromatic rings. The lowest BCUT2D eigenvalue weighted by Gasteiger charge is -2.27. The molecule has 0 aliphatic carbocycles. The Labute approximate surface area is 200 Å². The fourth-order valence-corrected chi connectivity index (χ4v) is 4.01. The van der Waals surface area contributed by atoms with Gasteiger partial charge in [-0.3, -0.25) is 4.79 Å². The van der Waals surface area contributed by atoms with Gasteiger partial charge in [-0.25, -0.2) is 15.0 Å². The van der Waals surface area contributed by atoms with E-state index < -0.39 is 0 Å². The summed E-state index contributed by atoms with van der Waals surface area (Å²) in [6, 6.07) is 10.5. The fraction of sp³-hybridized carbons (Fsp3) is 0.217. The van der Waals surface area contributed by atoms with Gasteiger partial charge >= 0.3 is 0 Å². The van der Waals surface area contributed by atoms with Crippen molar-refractivity contribution in [3.63, 3.8) is 0 Å². The number of halogens is 1. The van der Waals surface area contributed by atoms with Crippen LogP contribution in [0.25, 0.3) is 11.5 Å². The normalized spacial score (nSPS) is 14.7. The average molecular weight is 477 g/mol. The van der Waals surface area contributed by atoms with Gasteiger partial charge in [-0.2, -0.15) is 0 Å². The lowest BCUT2D eigenvalue weighted by atomic mass is 10.00. The Kier molecular flexibility index (Phi) is 6.05. The van der Waals surface area contributed by atoms with Crippen LogP contribution in [0.2, 0.25) is 5.02 Å². The first kappa shape index (κ1) is 21.8. The van der Waals surface area contributed by atoms with E-state index in [1.165, 1.54) is 6.33 Å². The zero-order valence-corrected chi connectivity index (χ0v) is 19.0. The Balaban J connectivity index is 1.27. The number of anilines is 1. The number of hydrogen-bond acceptors (Lipinski definition) is 8. The smallest absolute Gasteiger partial charge is 0.251 e. The van der Waals surface area contributed by atoms with Crippen molar-refractivity contribution in [2.24, 2.45) is 7.05 Å². The highest BCUT2D eigenvalue weighted by Crippen LogP contribution is 2.37. The van der Waals surface area contributed by atoms with Gasteiger partial charge in [0, 0.05) is 37.0 Å². The second kappa shape index (κ2) is 9.44. The number of carbonyl (C=O) groups is 1. The molecule has 2 N–H and O–H groups in total. The number of benzene rings is 1. The molecule has 172 valence electrons. The molecule has 0 radical (unpaired) electrons. The maximum absolute atomic E-state index is 13.0. The molecule has 3 aromatic heterocycles. The minimum Gasteiger partial charge on any atom is -0.492 e. The summed E-state index contributed by atoms with van der Waals surface area (Å²) in [4.78, 5) is 25.4. The lowest BCUT2D eigenvalue weighted by Crippen LogP contribution is -2.32. The van der Waals surface area contributed by atoms with Gasteiger partial charge < -0.3 is 19.9 Å². The summed E-state index contributed by atoms with van der Waals surface area (Å²) >= 11 is 6.24. The zero-order chi connectivity index (χ0) is 23.5. The Bertz CT molecular complexity index is 1330. The number of hydrogen-bond donors (Lipinski definition) is 2. The third-order valence-corrected chi connectivity index (χ3v) is 5.85. The third-order valence-electron chi connectivity index (χ3n) is 5.56. The van der Waals surface area contributed by atoms with Crippen LogP contribution < -0.4 is 15.4 Å². The molecule has 0 saturated carbocycles. The second-order valence-corrected chi connectivity index (χ2v) is 8.11. The van der Waals surface area contributed by atoms with Gasteiger partial charge in [0.05, 0.1) is 24.2 Å². The van der Waals surface area contributed by atoms with E-state index in [2.05, 4.69) is 35.8 Å². The molecule has 0 spiro atoms. The second-order valence-electron chi connectivity index (χ2n) is 7.70. The van der Waals surface area contributed by atoms with E-state index >= 15 is 0 Å². The van der Waals surface area contributed by atoms with Crippen LogP contribution in [0.5, 0.6) is 5.75 Å². The van der Waals surface area contributed by atoms with Crippen molar-refractivity contribution in [2.45, 2.75) is 19.0 Å². The van der Waals surface area contributed by atoms with Crippen LogP contribution in [-0.4, -0.2) is 42.2 Å². The minimum atomic E-state index is -0.201. The maximum atomic E-state index is 13.0. The first-order valence-electron chi connectivity index (χ1n) is 10.7. The zero-order valence-electron chi connectivity index (χ0n) is 18.3. The summed E-state index contributed by atoms with van der Waals surface area (Å²) < 4.78 is 7.53. The molecule has 1 atom stereocenters. The Morgan fingerprint density at radius 1 is 1.21 bits per heavy atom. The van der Waals surface area contributed by atoms with E-state index in [0.29, 0.717) is 59.1 Å². The maximum Gasteiger partial charge on any atom is 0.251 e. The van der Waals surface area contributed by atoms with Crippen molar-refractivity contribution in [1.29, 1.82) is 0 Å². The predicted octanol–water partition coefficient (Wildman–Crippen LogP) is 3.19. The highest BCUT2D eigenvalue weighted by molar-refractivity contribution is 6.32. The van der Waals surface area contributed by atoms with Gasteiger partial charge in [-0.1, -0.05) is 23.7 Å². The molecule has 0 saturated heterocycles. The first-order chi connectivity index (χ1) is 16.6. The first-order valence-corrected chi connectivity index (χ1v) is 11.0. The van der Waals surface area contributed by atoms with E-state index in [1.807, 2.05) is 23.7 Å². The molecule has 1 aliphatic heterocycles. The molecule has 0 unspecified atom stereocenters. The molecule has 34 heavy (non-hydrogen) atoms. The molecular weight excluding hydrogens is 456 g/mol. The number of nitrogens with one attached hydrogen (secondary N) is 2. The molecule has 10 nitrogen and oxygen atoms in total. The lowest BCUT2D eigenvalue weighted by molar-refractivity contribution is 0.0924. The van der Waals surface area contributed by atoms with Crippen molar-refractivity contribution in [3.05, 3.63) is 77.1 Å². The molecule has 1 aliphatic rings. The van der Waals surface area contributed by atoms with Crippen LogP contribution >= 0.6 is 11.6 Å². The van der Waals surface area contributed by atoms with Gasteiger partial charge in [0.1, 0.15) is 23.6 Å². The Morgan fingerprint density at radius 3 is 2.97 bits per heavy atom. The third kappa shape index (κ3) is 4.40. The number of pyridine rings is 1. The summed E-state index contributed by atoms with van der Waals surface area (Å²) in [5.74, 6) is 2.31. The van der Waals surface area contributed by atoms with Crippen LogP contribution in [0.3, 0.4) is 0 Å². The van der Waals surface area contributed by atoms with Crippen molar-refractivity contribution < 1.29 is 9.53 Å². The Hall–Kier alpha value is -4.05. The van der Waals surface area contributed by atoms with E-state index in [0.717, 1.165) is 5.56 Å². The molecule has 0 fully saturated rings. The topological polar surface area (TPSA) is 120 Å². The minimum absolute atomic E-state index is 0.182. The average Bonchev–Trinajstić information content (AvgIpc) is 3.24. The standard InChI is InChI=1S/C23H21ClN8O2/c1-32-20(30-31-22(32)18-6-8-25-13-28-18)12-27-19-11-14(5-9-26-19)23(33)29-17-7-10-34-21-15(17)3-2-4-16(21)24/h2-6,8-9,11,13,17H,7,10,12H2,1H3,(H,26,27)(H,29,33)/t17-/m1/s1. The monoisotopic (exact) mass is 476 g/mol. The Morgan fingerprint density at radius 2 is 2.12 bits per heavy atom. The van der Waals surface area contributed by atoms with Gasteiger partial charge in [-0.05, 0) is 24.3 Å². The number of nitrogens with zero attached hydrogens (tertiary/aromatic N) is 6. The quantitative estimate of drug-likeness (QED) is 0.435. The largest absolute Gasteiger partial charge is 0.492 e. The van der Waals surface area contributed by atoms with Gasteiger partial charge in [0.15, 0.2) is 11.6 Å². The van der Waals surface area contributed by atoms with Crippen LogP contribution in [-0.2, 0) is 13.6 Å². The van der Waals surface area contributed by atoms with Crippen molar-refractivity contribution in [3.8, 4) is 17.3 Å². The SMILES string of the molecule is Cn1c(CNc2cc(C(=O)N[C@@H]3CCOc4c(Cl)cccc43)ccn2)nnc1-c1ccncn1. The highest BCUT2D eigenvalue weighted by Gasteiger charge is 2.25. The van der Waals surface area contributed by atoms with Crippen molar-refractivity contribution in [1.82, 2.24) is 35.0 Å². The molecular formula is C23H21ClN8O2. The van der Waals surface area contributed by atoms with E-state index in [-0.39, 0.29) is 11.9 Å². The molecule has 1 amide bonds. The highest BCUT2D eigenvalue weighted by atomic mass is 35.5. The summed E-state index contributed by atoms with van der Waals surface area (Å²) in [5, 5.41) is 15.3. The summed E-state index contributed by atoms with van der Waals surface area (Å²) in [5.41, 5.74) is 2.05. The molecule has 4 heterocycles. The number of para-hydroxylation sites is 1. The van der Waals surface area contributed by atoms with Crippen LogP contribution in [0.15, 0.2) is 55.1 Å². The van der Waals surface area contributed by atoms with Crippen LogP contribution in [0, 0.1) is 0 Å². The molecule has 5 rings (SSSR count). The summed E-state index contributed by atoms with van der Waals surface area (Å²) in [6.07, 6.45) is 5.38. The van der Waals surface area contributed by atoms with Crippen LogP contribution in [0.4, 0.5) is 5.82 Å². The van der Waals surface area contributed by atoms with Gasteiger partial charge in [0.25, 0.3) is 5.91 Å². The van der Waals surface area contributed by atoms with E-state index in [1.54, 1.807) is 36.7 Å². The molecule has 0 bridgehead atoms. The number of carbonyl (C=O) groups excluding carboxylic acids is 1. The van der Waals surface area contributed by atoms with Gasteiger partial charge in [0.2, 0.25) is 0 Å². The summed E-state index contributed by atoms with van der Waals surface area (Å²) in [6.45, 7) is 0.859. The van der Waals surface area contributed by atoms with E-state index in [9.17, 15) is 4.79 Å². The van der Waals surface area contributed by atoms with Crippen molar-refractivity contribution in [2.75, 3.05) is 11.9 Å². The number of amides is 1. The van der Waals surface area contributed by atoms with E-state index in [4.69, 9.17) is 16.3 Å². The fourth-order valence-electron chi connectivity index (χ4n) is 3.78. The molecule has 1 aromatic carbocycles. The van der Waals surface area contributed by atoms with Crippen LogP contribution in [0.1, 0.15) is 34.2 Å². The summed E-state index contributed by atoms with van der Waals surface area (Å²) in [7, 11) is 1.86. The van der Waals surface area contributed by atoms with Gasteiger partial charge in [-0.15, -0.1) is 10.2 Å². The van der Waals surface area contributed by atoms with Crippen molar-refractivity contribution >= 4 is 23.3 Å². The predicted molar refractivity (Wildman–Crippen MR) is 125 cm³/mol.